The molecule has 0 saturated carbocycles. The number of nitrogens with zero attached hydrogens (tertiary/aromatic N) is 1. The number of rotatable bonds is 6. The molecule has 1 aromatic carbocycles. The van der Waals surface area contributed by atoms with Crippen LogP contribution in [0.25, 0.3) is 0 Å². The van der Waals surface area contributed by atoms with Crippen LogP contribution in [0.5, 0.6) is 0 Å². The first-order valence-corrected chi connectivity index (χ1v) is 8.43. The number of hydrogen-bond donors (Lipinski definition) is 2. The molecule has 2 rings (SSSR count). The number of likely N-dealkylation sites (tertiary alicyclic amines) is 1. The molecule has 1 fully saturated rings. The molecule has 2 amide bonds. The first kappa shape index (κ1) is 18.7. The molecular weight excluding hydrogens is 311 g/mol. The molecule has 134 valence electrons. The van der Waals surface area contributed by atoms with Crippen molar-refractivity contribution in [2.24, 2.45) is 5.41 Å². The summed E-state index contributed by atoms with van der Waals surface area (Å²) in [6.07, 6.45) is 2.57. The Hall–Kier alpha value is -1.66. The average Bonchev–Trinajstić information content (AvgIpc) is 2.62. The zero-order valence-corrected chi connectivity index (χ0v) is 14.5. The van der Waals surface area contributed by atoms with E-state index in [0.29, 0.717) is 25.2 Å². The summed E-state index contributed by atoms with van der Waals surface area (Å²) in [7, 11) is 1.52. The van der Waals surface area contributed by atoms with Crippen molar-refractivity contribution < 1.29 is 19.0 Å². The summed E-state index contributed by atoms with van der Waals surface area (Å²) >= 11 is 0. The second kappa shape index (κ2) is 8.44. The second-order valence-electron chi connectivity index (χ2n) is 6.52. The number of carbonyl (C=O) groups excluding carboxylic acids is 1. The maximum Gasteiger partial charge on any atom is 0.317 e. The van der Waals surface area contributed by atoms with E-state index in [0.717, 1.165) is 24.8 Å². The van der Waals surface area contributed by atoms with Crippen LogP contribution >= 0.6 is 0 Å². The molecule has 0 radical (unpaired) electrons. The van der Waals surface area contributed by atoms with E-state index in [-0.39, 0.29) is 30.5 Å². The molecule has 24 heavy (non-hydrogen) atoms. The van der Waals surface area contributed by atoms with Crippen LogP contribution in [-0.2, 0) is 17.9 Å². The first-order valence-electron chi connectivity index (χ1n) is 8.43. The Morgan fingerprint density at radius 1 is 1.42 bits per heavy atom. The predicted octanol–water partition coefficient (Wildman–Crippen LogP) is 2.67. The summed E-state index contributed by atoms with van der Waals surface area (Å²) in [5, 5.41) is 12.4. The average molecular weight is 338 g/mol. The molecule has 1 aliphatic heterocycles. The van der Waals surface area contributed by atoms with Crippen LogP contribution in [0.1, 0.15) is 37.3 Å². The number of piperidine rings is 1. The number of ether oxygens (including phenoxy) is 1. The number of aliphatic hydroxyl groups is 1. The SMILES string of the molecule is CCC1(CO)CCN(C(=O)NCc2ccc(F)c(COC)c2)CC1. The zero-order chi connectivity index (χ0) is 17.6. The first-order chi connectivity index (χ1) is 11.5. The van der Waals surface area contributed by atoms with Gasteiger partial charge in [-0.2, -0.15) is 0 Å². The Morgan fingerprint density at radius 2 is 2.12 bits per heavy atom. The zero-order valence-electron chi connectivity index (χ0n) is 14.5. The molecule has 5 nitrogen and oxygen atoms in total. The van der Waals surface area contributed by atoms with Gasteiger partial charge in [-0.15, -0.1) is 0 Å². The van der Waals surface area contributed by atoms with Gasteiger partial charge in [0, 0.05) is 38.9 Å². The van der Waals surface area contributed by atoms with Crippen molar-refractivity contribution in [1.82, 2.24) is 10.2 Å². The topological polar surface area (TPSA) is 61.8 Å². The number of nitrogens with one attached hydrogen (secondary N) is 1. The highest BCUT2D eigenvalue weighted by Crippen LogP contribution is 2.34. The van der Waals surface area contributed by atoms with Crippen molar-refractivity contribution in [3.8, 4) is 0 Å². The fourth-order valence-electron chi connectivity index (χ4n) is 3.10. The van der Waals surface area contributed by atoms with Crippen LogP contribution in [0.4, 0.5) is 9.18 Å². The number of carbonyl (C=O) groups is 1. The summed E-state index contributed by atoms with van der Waals surface area (Å²) in [5.41, 5.74) is 1.29. The van der Waals surface area contributed by atoms with E-state index in [9.17, 15) is 14.3 Å². The predicted molar refractivity (Wildman–Crippen MR) is 90.0 cm³/mol. The van der Waals surface area contributed by atoms with Gasteiger partial charge in [0.25, 0.3) is 0 Å². The molecule has 1 heterocycles. The van der Waals surface area contributed by atoms with Crippen molar-refractivity contribution in [2.75, 3.05) is 26.8 Å². The van der Waals surface area contributed by atoms with Gasteiger partial charge in [-0.3, -0.25) is 0 Å². The van der Waals surface area contributed by atoms with Crippen LogP contribution in [-0.4, -0.2) is 42.8 Å². The summed E-state index contributed by atoms with van der Waals surface area (Å²) in [6, 6.07) is 4.66. The largest absolute Gasteiger partial charge is 0.396 e. The van der Waals surface area contributed by atoms with Crippen molar-refractivity contribution in [3.63, 3.8) is 0 Å². The molecular formula is C18H27FN2O3. The van der Waals surface area contributed by atoms with Crippen LogP contribution < -0.4 is 5.32 Å². The third-order valence-corrected chi connectivity index (χ3v) is 5.05. The number of amides is 2. The van der Waals surface area contributed by atoms with Gasteiger partial charge in [0.2, 0.25) is 0 Å². The molecule has 0 atom stereocenters. The number of benzene rings is 1. The number of hydrogen-bond acceptors (Lipinski definition) is 3. The van der Waals surface area contributed by atoms with Gasteiger partial charge >= 0.3 is 6.03 Å². The lowest BCUT2D eigenvalue weighted by Gasteiger charge is -2.40. The van der Waals surface area contributed by atoms with E-state index in [1.165, 1.54) is 13.2 Å². The van der Waals surface area contributed by atoms with E-state index >= 15 is 0 Å². The minimum Gasteiger partial charge on any atom is -0.396 e. The van der Waals surface area contributed by atoms with Gasteiger partial charge in [0.15, 0.2) is 0 Å². The molecule has 0 bridgehead atoms. The van der Waals surface area contributed by atoms with Crippen molar-refractivity contribution in [1.29, 1.82) is 0 Å². The maximum atomic E-state index is 13.6. The summed E-state index contributed by atoms with van der Waals surface area (Å²) in [5.74, 6) is -0.303. The number of methoxy groups -OCH3 is 1. The normalized spacial score (nSPS) is 16.9. The van der Waals surface area contributed by atoms with Crippen molar-refractivity contribution >= 4 is 6.03 Å². The summed E-state index contributed by atoms with van der Waals surface area (Å²) in [4.78, 5) is 14.1. The maximum absolute atomic E-state index is 13.6. The Morgan fingerprint density at radius 3 is 2.71 bits per heavy atom. The van der Waals surface area contributed by atoms with Crippen molar-refractivity contribution in [2.45, 2.75) is 39.3 Å². The monoisotopic (exact) mass is 338 g/mol. The van der Waals surface area contributed by atoms with E-state index < -0.39 is 0 Å². The van der Waals surface area contributed by atoms with Crippen LogP contribution in [0.3, 0.4) is 0 Å². The molecule has 0 aromatic heterocycles. The quantitative estimate of drug-likeness (QED) is 0.838. The highest BCUT2D eigenvalue weighted by molar-refractivity contribution is 5.74. The summed E-state index contributed by atoms with van der Waals surface area (Å²) in [6.45, 7) is 4.12. The smallest absolute Gasteiger partial charge is 0.317 e. The van der Waals surface area contributed by atoms with E-state index in [2.05, 4.69) is 12.2 Å². The minimum atomic E-state index is -0.303. The fraction of sp³-hybridized carbons (Fsp3) is 0.611. The lowest BCUT2D eigenvalue weighted by atomic mass is 9.77. The van der Waals surface area contributed by atoms with Crippen LogP contribution in [0, 0.1) is 11.2 Å². The number of halogens is 1. The highest BCUT2D eigenvalue weighted by atomic mass is 19.1. The number of aliphatic hydroxyl groups excluding tert-OH is 1. The molecule has 1 saturated heterocycles. The Balaban J connectivity index is 1.87. The Bertz CT molecular complexity index is 551. The highest BCUT2D eigenvalue weighted by Gasteiger charge is 2.33. The third-order valence-electron chi connectivity index (χ3n) is 5.05. The standard InChI is InChI=1S/C18H27FN2O3/c1-3-18(13-22)6-8-21(9-7-18)17(23)20-11-14-4-5-16(19)15(10-14)12-24-2/h4-5,10,22H,3,6-9,11-13H2,1-2H3,(H,20,23). The Kier molecular flexibility index (Phi) is 6.57. The molecule has 1 aliphatic rings. The van der Waals surface area contributed by atoms with Gasteiger partial charge in [-0.1, -0.05) is 13.0 Å². The molecule has 1 aromatic rings. The second-order valence-corrected chi connectivity index (χ2v) is 6.52. The van der Waals surface area contributed by atoms with Crippen LogP contribution in [0.2, 0.25) is 0 Å². The molecule has 0 aliphatic carbocycles. The minimum absolute atomic E-state index is 0.0389. The fourth-order valence-corrected chi connectivity index (χ4v) is 3.10. The van der Waals surface area contributed by atoms with Crippen LogP contribution in [0.15, 0.2) is 18.2 Å². The van der Waals surface area contributed by atoms with E-state index in [4.69, 9.17) is 4.74 Å². The number of urea groups is 1. The van der Waals surface area contributed by atoms with Gasteiger partial charge < -0.3 is 20.1 Å². The van der Waals surface area contributed by atoms with Crippen molar-refractivity contribution in [3.05, 3.63) is 35.1 Å². The molecule has 2 N–H and O–H groups in total. The van der Waals surface area contributed by atoms with E-state index in [1.54, 1.807) is 17.0 Å². The lowest BCUT2D eigenvalue weighted by Crippen LogP contribution is -2.48. The van der Waals surface area contributed by atoms with Gasteiger partial charge in [-0.25, -0.2) is 9.18 Å². The third kappa shape index (κ3) is 4.45. The van der Waals surface area contributed by atoms with Gasteiger partial charge in [-0.05, 0) is 42.4 Å². The van der Waals surface area contributed by atoms with E-state index in [1.807, 2.05) is 0 Å². The Labute approximate surface area is 142 Å². The van der Waals surface area contributed by atoms with Gasteiger partial charge in [0.05, 0.1) is 6.61 Å². The molecule has 0 spiro atoms. The van der Waals surface area contributed by atoms with Gasteiger partial charge in [0.1, 0.15) is 5.82 Å². The lowest BCUT2D eigenvalue weighted by molar-refractivity contribution is 0.0519. The molecule has 6 heteroatoms. The summed E-state index contributed by atoms with van der Waals surface area (Å²) < 4.78 is 18.6. The molecule has 0 unspecified atom stereocenters.